The number of benzene rings is 4. The number of hydrogen-bond acceptors (Lipinski definition) is 0. The fourth-order valence-corrected chi connectivity index (χ4v) is 36.2. The first kappa shape index (κ1) is 32.2. The van der Waals surface area contributed by atoms with Crippen LogP contribution in [-0.4, -0.2) is 0 Å². The first-order chi connectivity index (χ1) is 20.0. The van der Waals surface area contributed by atoms with E-state index in [1.807, 2.05) is 0 Å². The molecule has 0 amide bonds. The van der Waals surface area contributed by atoms with Crippen LogP contribution in [0.2, 0.25) is 8.35 Å². The summed E-state index contributed by atoms with van der Waals surface area (Å²) in [4.78, 5) is 0. The number of rotatable bonds is 8. The van der Waals surface area contributed by atoms with E-state index in [1.165, 1.54) is 78.5 Å². The van der Waals surface area contributed by atoms with Gasteiger partial charge in [-0.3, -0.25) is 0 Å². The second-order valence-electron chi connectivity index (χ2n) is 12.9. The Labute approximate surface area is 275 Å². The molecule has 0 spiro atoms. The molecule has 222 valence electrons. The van der Waals surface area contributed by atoms with Gasteiger partial charge in [-0.15, -0.1) is 24.8 Å². The smallest absolute Gasteiger partial charge is 0.147 e. The molecule has 7 rings (SSSR count). The Bertz CT molecular complexity index is 1550. The molecule has 1 saturated heterocycles. The van der Waals surface area contributed by atoms with E-state index in [1.54, 1.807) is 22.3 Å². The third kappa shape index (κ3) is 5.60. The van der Waals surface area contributed by atoms with E-state index < -0.39 is 20.0 Å². The fourth-order valence-electron chi connectivity index (χ4n) is 8.15. The van der Waals surface area contributed by atoms with Gasteiger partial charge >= 0.3 is 253 Å². The van der Waals surface area contributed by atoms with E-state index >= 15 is 0 Å². The molecule has 4 aromatic rings. The zero-order valence-electron chi connectivity index (χ0n) is 26.0. The van der Waals surface area contributed by atoms with Crippen molar-refractivity contribution in [3.8, 4) is 22.3 Å². The van der Waals surface area contributed by atoms with Crippen molar-refractivity contribution in [1.29, 1.82) is 0 Å². The third-order valence-corrected chi connectivity index (χ3v) is 29.2. The van der Waals surface area contributed by atoms with E-state index in [2.05, 4.69) is 125 Å². The predicted octanol–water partition coefficient (Wildman–Crippen LogP) is 12.7. The van der Waals surface area contributed by atoms with Gasteiger partial charge in [0.15, 0.2) is 0 Å². The molecular weight excluding hydrogens is 730 g/mol. The molecule has 0 radical (unpaired) electrons. The molecule has 2 atom stereocenters. The quantitative estimate of drug-likeness (QED) is 0.156. The maximum atomic E-state index is 2.65. The third-order valence-electron chi connectivity index (χ3n) is 10.1. The Kier molecular flexibility index (Phi) is 9.77. The molecule has 3 heteroatoms. The van der Waals surface area contributed by atoms with E-state index in [9.17, 15) is 0 Å². The van der Waals surface area contributed by atoms with Crippen LogP contribution in [0.4, 0.5) is 0 Å². The molecule has 0 aromatic heterocycles. The number of aryl methyl sites for hydroxylation is 2. The zero-order valence-corrected chi connectivity index (χ0v) is 31.2. The molecule has 0 saturated carbocycles. The molecule has 4 aromatic carbocycles. The van der Waals surface area contributed by atoms with Gasteiger partial charge in [0.1, 0.15) is 0 Å². The van der Waals surface area contributed by atoms with Gasteiger partial charge in [-0.1, -0.05) is 0 Å². The summed E-state index contributed by atoms with van der Waals surface area (Å²) < 4.78 is 4.52. The van der Waals surface area contributed by atoms with Crippen molar-refractivity contribution < 1.29 is 20.0 Å². The van der Waals surface area contributed by atoms with Crippen molar-refractivity contribution >= 4 is 37.0 Å². The summed E-state index contributed by atoms with van der Waals surface area (Å²) in [6, 6.07) is 32.8. The van der Waals surface area contributed by atoms with Crippen molar-refractivity contribution in [3.05, 3.63) is 129 Å². The van der Waals surface area contributed by atoms with Crippen molar-refractivity contribution in [2.45, 2.75) is 69.1 Å². The first-order valence-electron chi connectivity index (χ1n) is 15.8. The van der Waals surface area contributed by atoms with E-state index in [4.69, 9.17) is 0 Å². The standard InChI is InChI=1S/2C19H19.C2H4.2ClH.Hf/c2*1-3-5-15-12-17-6-4-7-18(19(17)13-15)16-10-8-14(2)9-11-16;1-2;;;/h2*4,6-13H,3,5H2,1-2H3;1-2H2;2*1H;. The van der Waals surface area contributed by atoms with Crippen LogP contribution in [0.3, 0.4) is 0 Å². The van der Waals surface area contributed by atoms with Crippen LogP contribution in [0.15, 0.2) is 96.1 Å². The molecular formula is C40H44Cl2Hf. The summed E-state index contributed by atoms with van der Waals surface area (Å²) in [7, 11) is 0. The largest absolute Gasteiger partial charge is 0.147 e. The van der Waals surface area contributed by atoms with Crippen LogP contribution < -0.4 is 0 Å². The average Bonchev–Trinajstić information content (AvgIpc) is 3.53. The fraction of sp³-hybridized carbons (Fsp3) is 0.300. The monoisotopic (exact) mass is 774 g/mol. The minimum absolute atomic E-state index is 0. The van der Waals surface area contributed by atoms with Crippen LogP contribution in [0.25, 0.3) is 34.4 Å². The summed E-state index contributed by atoms with van der Waals surface area (Å²) in [6.07, 6.45) is 10.3. The second-order valence-corrected chi connectivity index (χ2v) is 29.5. The maximum Gasteiger partial charge on any atom is -0.147 e. The predicted molar refractivity (Wildman–Crippen MR) is 189 cm³/mol. The summed E-state index contributed by atoms with van der Waals surface area (Å²) in [6.45, 7) is 9.12. The first-order valence-corrected chi connectivity index (χ1v) is 25.1. The Morgan fingerprint density at radius 1 is 0.558 bits per heavy atom. The number of allylic oxidation sites excluding steroid dienone is 2. The van der Waals surface area contributed by atoms with Crippen molar-refractivity contribution in [3.63, 3.8) is 0 Å². The molecule has 0 N–H and O–H groups in total. The number of hydrogen-bond donors (Lipinski definition) is 0. The minimum atomic E-state index is -2.87. The number of halogens is 2. The molecule has 0 bridgehead atoms. The van der Waals surface area contributed by atoms with E-state index in [0.717, 1.165) is 7.35 Å². The molecule has 0 nitrogen and oxygen atoms in total. The molecule has 43 heavy (non-hydrogen) atoms. The number of fused-ring (bicyclic) bond motifs is 2. The Morgan fingerprint density at radius 2 is 0.953 bits per heavy atom. The Balaban J connectivity index is 0.00000184. The van der Waals surface area contributed by atoms with Crippen LogP contribution >= 0.6 is 24.8 Å². The Hall–Kier alpha value is -2.19. The summed E-state index contributed by atoms with van der Waals surface area (Å²) in [5.74, 6) is 0. The van der Waals surface area contributed by atoms with Gasteiger partial charge in [0, 0.05) is 0 Å². The van der Waals surface area contributed by atoms with Gasteiger partial charge < -0.3 is 0 Å². The van der Waals surface area contributed by atoms with Gasteiger partial charge in [-0.05, 0) is 0 Å². The molecule has 1 aliphatic heterocycles. The molecule has 1 fully saturated rings. The zero-order chi connectivity index (χ0) is 28.1. The van der Waals surface area contributed by atoms with Crippen molar-refractivity contribution in [2.24, 2.45) is 0 Å². The van der Waals surface area contributed by atoms with Gasteiger partial charge in [-0.2, -0.15) is 0 Å². The van der Waals surface area contributed by atoms with Crippen LogP contribution in [0.5, 0.6) is 0 Å². The average molecular weight is 774 g/mol. The van der Waals surface area contributed by atoms with Crippen molar-refractivity contribution in [2.75, 3.05) is 0 Å². The van der Waals surface area contributed by atoms with Gasteiger partial charge in [0.2, 0.25) is 0 Å². The van der Waals surface area contributed by atoms with Crippen molar-refractivity contribution in [1.82, 2.24) is 0 Å². The molecule has 1 heterocycles. The normalized spacial score (nSPS) is 19.0. The topological polar surface area (TPSA) is 0 Å². The maximum absolute atomic E-state index is 2.87. The summed E-state index contributed by atoms with van der Waals surface area (Å²) in [5.41, 5.74) is 18.2. The van der Waals surface area contributed by atoms with E-state index in [0.29, 0.717) is 0 Å². The van der Waals surface area contributed by atoms with Crippen LogP contribution in [-0.2, 0) is 20.0 Å². The van der Waals surface area contributed by atoms with E-state index in [-0.39, 0.29) is 24.8 Å². The van der Waals surface area contributed by atoms with Crippen LogP contribution in [0, 0.1) is 13.8 Å². The molecule has 3 aliphatic rings. The molecule has 2 aliphatic carbocycles. The van der Waals surface area contributed by atoms with Gasteiger partial charge in [0.25, 0.3) is 0 Å². The molecule has 2 unspecified atom stereocenters. The summed E-state index contributed by atoms with van der Waals surface area (Å²) in [5, 5.41) is 0. The SMILES string of the molecule is CCCC1=Cc2c(-c3ccc(C)cc3)cccc2[CH]1[Hf]1([CH]2C(CCC)=Cc3c(-c4ccc(C)cc4)cccc32)[CH2][CH2]1.Cl.Cl. The second kappa shape index (κ2) is 13.0. The van der Waals surface area contributed by atoms with Crippen LogP contribution in [0.1, 0.15) is 80.3 Å². The summed E-state index contributed by atoms with van der Waals surface area (Å²) >= 11 is -2.87. The van der Waals surface area contributed by atoms with Gasteiger partial charge in [0.05, 0.1) is 0 Å². The minimum Gasteiger partial charge on any atom is -0.147 e. The Morgan fingerprint density at radius 3 is 1.30 bits per heavy atom. The van der Waals surface area contributed by atoms with Gasteiger partial charge in [-0.25, -0.2) is 0 Å².